The molecular formula is C9H13N3O3. The van der Waals surface area contributed by atoms with Crippen molar-refractivity contribution in [2.75, 3.05) is 0 Å². The molecule has 1 aromatic heterocycles. The third-order valence-corrected chi connectivity index (χ3v) is 2.76. The van der Waals surface area contributed by atoms with Gasteiger partial charge in [0.05, 0.1) is 6.54 Å². The van der Waals surface area contributed by atoms with Gasteiger partial charge in [-0.05, 0) is 19.3 Å². The molecule has 0 spiro atoms. The van der Waals surface area contributed by atoms with Crippen molar-refractivity contribution < 1.29 is 14.3 Å². The van der Waals surface area contributed by atoms with Gasteiger partial charge in [-0.15, -0.1) is 10.2 Å². The Bertz CT molecular complexity index is 370. The van der Waals surface area contributed by atoms with Crippen molar-refractivity contribution in [2.24, 2.45) is 0 Å². The van der Waals surface area contributed by atoms with Gasteiger partial charge >= 0.3 is 5.97 Å². The number of carbonyl (C=O) groups is 1. The molecule has 1 fully saturated rings. The summed E-state index contributed by atoms with van der Waals surface area (Å²) in [6, 6.07) is 0. The fraction of sp³-hybridized carbons (Fsp3) is 0.667. The van der Waals surface area contributed by atoms with Crippen LogP contribution in [0.5, 0.6) is 0 Å². The second-order valence-corrected chi connectivity index (χ2v) is 3.81. The molecule has 15 heavy (non-hydrogen) atoms. The molecule has 1 aliphatic rings. The molecule has 0 aliphatic heterocycles. The van der Waals surface area contributed by atoms with E-state index in [2.05, 4.69) is 15.5 Å². The zero-order chi connectivity index (χ0) is 10.9. The number of aryl methyl sites for hydroxylation is 1. The van der Waals surface area contributed by atoms with Crippen LogP contribution in [0.15, 0.2) is 4.42 Å². The molecule has 0 radical (unpaired) electrons. The predicted molar refractivity (Wildman–Crippen MR) is 50.1 cm³/mol. The monoisotopic (exact) mass is 211 g/mol. The molecule has 0 aromatic carbocycles. The zero-order valence-electron chi connectivity index (χ0n) is 8.49. The van der Waals surface area contributed by atoms with Crippen molar-refractivity contribution >= 4 is 5.97 Å². The lowest BCUT2D eigenvalue weighted by Crippen LogP contribution is -2.56. The number of carboxylic acids is 1. The number of rotatable bonds is 4. The highest BCUT2D eigenvalue weighted by Crippen LogP contribution is 2.32. The molecule has 6 nitrogen and oxygen atoms in total. The number of hydrogen-bond acceptors (Lipinski definition) is 5. The maximum Gasteiger partial charge on any atom is 0.323 e. The van der Waals surface area contributed by atoms with Crippen LogP contribution >= 0.6 is 0 Å². The van der Waals surface area contributed by atoms with Gasteiger partial charge in [0.25, 0.3) is 0 Å². The van der Waals surface area contributed by atoms with Gasteiger partial charge in [-0.25, -0.2) is 0 Å². The minimum absolute atomic E-state index is 0.313. The summed E-state index contributed by atoms with van der Waals surface area (Å²) < 4.78 is 5.15. The van der Waals surface area contributed by atoms with Crippen LogP contribution in [0.3, 0.4) is 0 Å². The lowest BCUT2D eigenvalue weighted by Gasteiger charge is -2.38. The van der Waals surface area contributed by atoms with E-state index in [0.29, 0.717) is 31.2 Å². The fourth-order valence-corrected chi connectivity index (χ4v) is 1.65. The van der Waals surface area contributed by atoms with Gasteiger partial charge in [-0.3, -0.25) is 10.1 Å². The van der Waals surface area contributed by atoms with Crippen LogP contribution < -0.4 is 5.32 Å². The molecule has 0 atom stereocenters. The smallest absolute Gasteiger partial charge is 0.323 e. The quantitative estimate of drug-likeness (QED) is 0.752. The molecular weight excluding hydrogens is 198 g/mol. The van der Waals surface area contributed by atoms with E-state index >= 15 is 0 Å². The molecule has 0 bridgehead atoms. The predicted octanol–water partition coefficient (Wildman–Crippen LogP) is 0.475. The van der Waals surface area contributed by atoms with E-state index in [9.17, 15) is 4.79 Å². The van der Waals surface area contributed by atoms with Crippen LogP contribution in [-0.2, 0) is 11.3 Å². The van der Waals surface area contributed by atoms with Crippen molar-refractivity contribution in [3.63, 3.8) is 0 Å². The SMILES string of the molecule is Cc1nnc(CNC2(C(=O)O)CCC2)o1. The maximum absolute atomic E-state index is 11.0. The molecule has 1 aromatic rings. The number of hydrogen-bond donors (Lipinski definition) is 2. The van der Waals surface area contributed by atoms with Gasteiger partial charge in [-0.2, -0.15) is 0 Å². The van der Waals surface area contributed by atoms with Gasteiger partial charge in [0.15, 0.2) is 0 Å². The minimum Gasteiger partial charge on any atom is -0.480 e. The molecule has 2 N–H and O–H groups in total. The van der Waals surface area contributed by atoms with E-state index in [-0.39, 0.29) is 0 Å². The number of aliphatic carboxylic acids is 1. The molecule has 6 heteroatoms. The summed E-state index contributed by atoms with van der Waals surface area (Å²) in [5.74, 6) is 0.120. The van der Waals surface area contributed by atoms with Gasteiger partial charge in [0.1, 0.15) is 5.54 Å². The Hall–Kier alpha value is -1.43. The highest BCUT2D eigenvalue weighted by atomic mass is 16.4. The maximum atomic E-state index is 11.0. The van der Waals surface area contributed by atoms with E-state index in [1.807, 2.05) is 0 Å². The lowest BCUT2D eigenvalue weighted by molar-refractivity contribution is -0.149. The Labute approximate surface area is 86.7 Å². The van der Waals surface area contributed by atoms with Gasteiger partial charge < -0.3 is 9.52 Å². The van der Waals surface area contributed by atoms with E-state index < -0.39 is 11.5 Å². The molecule has 0 saturated heterocycles. The van der Waals surface area contributed by atoms with Crippen molar-refractivity contribution in [2.45, 2.75) is 38.3 Å². The second-order valence-electron chi connectivity index (χ2n) is 3.81. The molecule has 1 heterocycles. The number of aromatic nitrogens is 2. The molecule has 2 rings (SSSR count). The van der Waals surface area contributed by atoms with E-state index in [0.717, 1.165) is 6.42 Å². The lowest BCUT2D eigenvalue weighted by atomic mass is 9.77. The first-order valence-electron chi connectivity index (χ1n) is 4.90. The third kappa shape index (κ3) is 1.85. The zero-order valence-corrected chi connectivity index (χ0v) is 8.49. The summed E-state index contributed by atoms with van der Waals surface area (Å²) in [5.41, 5.74) is -0.775. The Morgan fingerprint density at radius 3 is 2.73 bits per heavy atom. The first-order chi connectivity index (χ1) is 7.12. The van der Waals surface area contributed by atoms with Crippen LogP contribution in [0.25, 0.3) is 0 Å². The van der Waals surface area contributed by atoms with E-state index in [4.69, 9.17) is 9.52 Å². The van der Waals surface area contributed by atoms with E-state index in [1.54, 1.807) is 6.92 Å². The molecule has 1 saturated carbocycles. The van der Waals surface area contributed by atoms with Crippen molar-refractivity contribution in [3.05, 3.63) is 11.8 Å². The Morgan fingerprint density at radius 1 is 1.60 bits per heavy atom. The average Bonchev–Trinajstić information content (AvgIpc) is 2.49. The van der Waals surface area contributed by atoms with Gasteiger partial charge in [0.2, 0.25) is 11.8 Å². The Balaban J connectivity index is 1.95. The normalized spacial score (nSPS) is 18.5. The highest BCUT2D eigenvalue weighted by molar-refractivity contribution is 5.79. The van der Waals surface area contributed by atoms with Crippen LogP contribution in [0, 0.1) is 6.92 Å². The number of carboxylic acid groups (broad SMARTS) is 1. The fourth-order valence-electron chi connectivity index (χ4n) is 1.65. The minimum atomic E-state index is -0.801. The van der Waals surface area contributed by atoms with Gasteiger partial charge in [0, 0.05) is 6.92 Å². The topological polar surface area (TPSA) is 88.2 Å². The van der Waals surface area contributed by atoms with Crippen LogP contribution in [0.4, 0.5) is 0 Å². The summed E-state index contributed by atoms with van der Waals surface area (Å²) in [7, 11) is 0. The summed E-state index contributed by atoms with van der Waals surface area (Å²) in [6.45, 7) is 2.01. The molecule has 0 amide bonds. The molecule has 82 valence electrons. The van der Waals surface area contributed by atoms with Crippen molar-refractivity contribution in [1.82, 2.24) is 15.5 Å². The summed E-state index contributed by atoms with van der Waals surface area (Å²) in [4.78, 5) is 11.0. The largest absolute Gasteiger partial charge is 0.480 e. The van der Waals surface area contributed by atoms with Crippen molar-refractivity contribution in [1.29, 1.82) is 0 Å². The van der Waals surface area contributed by atoms with Crippen LogP contribution in [-0.4, -0.2) is 26.8 Å². The first-order valence-corrected chi connectivity index (χ1v) is 4.90. The average molecular weight is 211 g/mol. The third-order valence-electron chi connectivity index (χ3n) is 2.76. The summed E-state index contributed by atoms with van der Waals surface area (Å²) in [5, 5.41) is 19.5. The first kappa shape index (κ1) is 10.1. The molecule has 1 aliphatic carbocycles. The van der Waals surface area contributed by atoms with E-state index in [1.165, 1.54) is 0 Å². The number of nitrogens with one attached hydrogen (secondary N) is 1. The Morgan fingerprint density at radius 2 is 2.33 bits per heavy atom. The Kier molecular flexibility index (Phi) is 2.44. The van der Waals surface area contributed by atoms with Gasteiger partial charge in [-0.1, -0.05) is 0 Å². The van der Waals surface area contributed by atoms with Crippen LogP contribution in [0.2, 0.25) is 0 Å². The second kappa shape index (κ2) is 3.62. The standard InChI is InChI=1S/C9H13N3O3/c1-6-11-12-7(15-6)5-10-9(8(13)14)3-2-4-9/h10H,2-5H2,1H3,(H,13,14). The van der Waals surface area contributed by atoms with Crippen molar-refractivity contribution in [3.8, 4) is 0 Å². The van der Waals surface area contributed by atoms with Crippen LogP contribution in [0.1, 0.15) is 31.0 Å². The highest BCUT2D eigenvalue weighted by Gasteiger charge is 2.44. The molecule has 0 unspecified atom stereocenters. The summed E-state index contributed by atoms with van der Waals surface area (Å²) >= 11 is 0. The number of nitrogens with zero attached hydrogens (tertiary/aromatic N) is 2. The summed E-state index contributed by atoms with van der Waals surface area (Å²) in [6.07, 6.45) is 2.27.